The smallest absolute Gasteiger partial charge is 0.354 e. The molecule has 0 saturated heterocycles. The topological polar surface area (TPSA) is 61.4 Å². The van der Waals surface area contributed by atoms with Gasteiger partial charge in [0.2, 0.25) is 0 Å². The largest absolute Gasteiger partial charge is 0.372 e. The summed E-state index contributed by atoms with van der Waals surface area (Å²) in [5.41, 5.74) is 1.92. The first-order chi connectivity index (χ1) is 3.77. The van der Waals surface area contributed by atoms with Crippen molar-refractivity contribution in [3.63, 3.8) is 0 Å². The summed E-state index contributed by atoms with van der Waals surface area (Å²) >= 11 is 0.526. The molecule has 0 aliphatic carbocycles. The van der Waals surface area contributed by atoms with Crippen LogP contribution in [0.3, 0.4) is 0 Å². The van der Waals surface area contributed by atoms with Crippen molar-refractivity contribution in [2.45, 2.75) is 0 Å². The molecule has 0 aromatic carbocycles. The van der Waals surface area contributed by atoms with Crippen LogP contribution >= 0.6 is 0 Å². The zero-order valence-electron chi connectivity index (χ0n) is 4.77. The number of rotatable bonds is 3. The highest BCUT2D eigenvalue weighted by Gasteiger charge is 1.85. The fourth-order valence-electron chi connectivity index (χ4n) is 0.294. The lowest BCUT2D eigenvalue weighted by Gasteiger charge is -1.98. The van der Waals surface area contributed by atoms with Gasteiger partial charge in [0.15, 0.2) is 0 Å². The van der Waals surface area contributed by atoms with E-state index in [9.17, 15) is 4.79 Å². The predicted molar refractivity (Wildman–Crippen MR) is 31.7 cm³/mol. The highest BCUT2D eigenvalue weighted by atomic mass is 27.0. The maximum Gasteiger partial charge on any atom is 0.354 e. The van der Waals surface area contributed by atoms with E-state index in [-0.39, 0.29) is 4.77 Å². The van der Waals surface area contributed by atoms with Gasteiger partial charge in [0.25, 0.3) is 0 Å². The molecule has 0 heterocycles. The van der Waals surface area contributed by atoms with Gasteiger partial charge in [0, 0.05) is 13.1 Å². The molecule has 0 unspecified atom stereocenters. The van der Waals surface area contributed by atoms with E-state index >= 15 is 0 Å². The van der Waals surface area contributed by atoms with E-state index in [4.69, 9.17) is 5.21 Å². The van der Waals surface area contributed by atoms with Crippen LogP contribution in [-0.4, -0.2) is 39.4 Å². The highest BCUT2D eigenvalue weighted by Crippen LogP contribution is 1.56. The van der Waals surface area contributed by atoms with Crippen LogP contribution in [0.15, 0.2) is 0 Å². The second-order valence-corrected chi connectivity index (χ2v) is 2.30. The summed E-state index contributed by atoms with van der Waals surface area (Å²) in [6, 6.07) is 0. The minimum atomic E-state index is 0.0558. The average Bonchev–Trinajstić information content (AvgIpc) is 1.66. The van der Waals surface area contributed by atoms with Crippen molar-refractivity contribution in [3.8, 4) is 0 Å². The summed E-state index contributed by atoms with van der Waals surface area (Å²) in [7, 11) is 0. The molecule has 0 atom stereocenters. The van der Waals surface area contributed by atoms with Gasteiger partial charge in [-0.25, -0.2) is 5.48 Å². The molecule has 8 heavy (non-hydrogen) atoms. The summed E-state index contributed by atoms with van der Waals surface area (Å²) in [5.74, 6) is 0. The quantitative estimate of drug-likeness (QED) is 0.244. The van der Waals surface area contributed by atoms with Crippen LogP contribution in [0.2, 0.25) is 0 Å². The van der Waals surface area contributed by atoms with Crippen LogP contribution in [0.5, 0.6) is 0 Å². The predicted octanol–water partition coefficient (Wildman–Crippen LogP) is -1.69. The molecule has 0 fully saturated rings. The minimum absolute atomic E-state index is 0.0558. The van der Waals surface area contributed by atoms with Gasteiger partial charge in [0.1, 0.15) is 4.77 Å². The van der Waals surface area contributed by atoms with Crippen LogP contribution in [0.4, 0.5) is 4.79 Å². The molecule has 0 spiro atoms. The molecule has 3 N–H and O–H groups in total. The lowest BCUT2D eigenvalue weighted by molar-refractivity contribution is 0.168. The molecule has 5 heteroatoms. The van der Waals surface area contributed by atoms with Gasteiger partial charge in [-0.15, -0.1) is 0 Å². The lowest BCUT2D eigenvalue weighted by atomic mass is 10.7. The number of hydrogen-bond acceptors (Lipinski definition) is 3. The third-order valence-electron chi connectivity index (χ3n) is 0.611. The first-order valence-electron chi connectivity index (χ1n) is 2.38. The van der Waals surface area contributed by atoms with Crippen LogP contribution in [0, 0.1) is 0 Å². The molecule has 0 aliphatic rings. The molecule has 0 aromatic rings. The van der Waals surface area contributed by atoms with Crippen LogP contribution in [0.25, 0.3) is 0 Å². The summed E-state index contributed by atoms with van der Waals surface area (Å²) in [6.07, 6.45) is 0. The maximum absolute atomic E-state index is 10.2. The Labute approximate surface area is 55.6 Å². The van der Waals surface area contributed by atoms with Crippen molar-refractivity contribution < 1.29 is 10.0 Å². The normalized spacial score (nSPS) is 8.62. The van der Waals surface area contributed by atoms with Gasteiger partial charge in [-0.05, 0) is 0 Å². The molecular formula is C3H9AlN2O2. The van der Waals surface area contributed by atoms with E-state index in [2.05, 4.69) is 5.32 Å². The molecule has 0 saturated carbocycles. The second-order valence-electron chi connectivity index (χ2n) is 1.39. The Hall–Kier alpha value is -0.0775. The SMILES string of the molecule is O=[C]([AlH2])NCCNO. The lowest BCUT2D eigenvalue weighted by Crippen LogP contribution is -2.29. The number of amides is 1. The van der Waals surface area contributed by atoms with E-state index in [0.717, 1.165) is 0 Å². The fourth-order valence-corrected chi connectivity index (χ4v) is 0.544. The van der Waals surface area contributed by atoms with Gasteiger partial charge in [-0.3, -0.25) is 4.79 Å². The Balaban J connectivity index is 2.82. The zero-order valence-corrected chi connectivity index (χ0v) is 6.77. The molecule has 0 rings (SSSR count). The van der Waals surface area contributed by atoms with Crippen molar-refractivity contribution in [1.82, 2.24) is 10.8 Å². The van der Waals surface area contributed by atoms with Gasteiger partial charge in [-0.1, -0.05) is 0 Å². The first-order valence-corrected chi connectivity index (χ1v) is 3.38. The van der Waals surface area contributed by atoms with Crippen LogP contribution in [-0.2, 0) is 0 Å². The molecule has 0 aromatic heterocycles. The van der Waals surface area contributed by atoms with Gasteiger partial charge in [0.05, 0.1) is 0 Å². The van der Waals surface area contributed by atoms with Gasteiger partial charge >= 0.3 is 16.3 Å². The number of carbonyl (C=O) groups is 1. The second kappa shape index (κ2) is 5.07. The Morgan fingerprint density at radius 3 is 2.62 bits per heavy atom. The fraction of sp³-hybridized carbons (Fsp3) is 0.667. The standard InChI is InChI=1S/C3H7N2O2.Al.2H/c6-3-4-1-2-5-7;;;/h5,7H,1-2H2,(H,4,6);;;. The van der Waals surface area contributed by atoms with E-state index < -0.39 is 0 Å². The highest BCUT2D eigenvalue weighted by molar-refractivity contribution is 6.57. The Morgan fingerprint density at radius 2 is 2.25 bits per heavy atom. The Bertz CT molecular complexity index is 77.7. The van der Waals surface area contributed by atoms with E-state index in [0.29, 0.717) is 29.4 Å². The molecule has 0 radical (unpaired) electrons. The average molecular weight is 132 g/mol. The summed E-state index contributed by atoms with van der Waals surface area (Å²) < 4.78 is 0.0558. The summed E-state index contributed by atoms with van der Waals surface area (Å²) in [4.78, 5) is 10.2. The number of nitrogens with one attached hydrogen (secondary N) is 2. The van der Waals surface area contributed by atoms with Gasteiger partial charge < -0.3 is 10.5 Å². The van der Waals surface area contributed by atoms with E-state index in [1.165, 1.54) is 0 Å². The monoisotopic (exact) mass is 132 g/mol. The third-order valence-corrected chi connectivity index (χ3v) is 0.964. The van der Waals surface area contributed by atoms with E-state index in [1.54, 1.807) is 0 Å². The Morgan fingerprint density at radius 1 is 1.62 bits per heavy atom. The molecule has 0 aliphatic heterocycles. The summed E-state index contributed by atoms with van der Waals surface area (Å²) in [6.45, 7) is 0.910. The number of hydroxylamine groups is 1. The maximum atomic E-state index is 10.2. The molecule has 4 nitrogen and oxygen atoms in total. The molecular weight excluding hydrogens is 123 g/mol. The van der Waals surface area contributed by atoms with Crippen LogP contribution in [0.1, 0.15) is 0 Å². The van der Waals surface area contributed by atoms with Crippen LogP contribution < -0.4 is 10.8 Å². The summed E-state index contributed by atoms with van der Waals surface area (Å²) in [5, 5.41) is 10.5. The third kappa shape index (κ3) is 5.92. The Kier molecular flexibility index (Phi) is 5.02. The van der Waals surface area contributed by atoms with Crippen molar-refractivity contribution in [2.75, 3.05) is 13.1 Å². The van der Waals surface area contributed by atoms with Crippen molar-refractivity contribution in [3.05, 3.63) is 0 Å². The zero-order chi connectivity index (χ0) is 6.41. The number of carbonyl (C=O) groups excluding carboxylic acids is 1. The minimum Gasteiger partial charge on any atom is -0.372 e. The van der Waals surface area contributed by atoms with Crippen molar-refractivity contribution in [2.24, 2.45) is 0 Å². The molecule has 1 amide bonds. The van der Waals surface area contributed by atoms with Crippen molar-refractivity contribution >= 4 is 21.1 Å². The molecule has 46 valence electrons. The van der Waals surface area contributed by atoms with Gasteiger partial charge in [-0.2, -0.15) is 0 Å². The first kappa shape index (κ1) is 7.92. The van der Waals surface area contributed by atoms with Crippen molar-refractivity contribution in [1.29, 1.82) is 0 Å². The van der Waals surface area contributed by atoms with E-state index in [1.807, 2.05) is 5.48 Å². The number of hydrogen-bond donors (Lipinski definition) is 3. The molecule has 0 bridgehead atoms.